The SMILES string of the molecule is NCC1(CCN2CCCCc3ccccc32)CCC1. The average molecular weight is 258 g/mol. The first kappa shape index (κ1) is 13.0. The molecule has 1 saturated carbocycles. The van der Waals surface area contributed by atoms with Crippen molar-refractivity contribution in [3.05, 3.63) is 29.8 Å². The summed E-state index contributed by atoms with van der Waals surface area (Å²) in [6.45, 7) is 3.29. The van der Waals surface area contributed by atoms with E-state index in [1.807, 2.05) is 0 Å². The van der Waals surface area contributed by atoms with Crippen LogP contribution in [0.5, 0.6) is 0 Å². The Kier molecular flexibility index (Phi) is 3.79. The third-order valence-electron chi connectivity index (χ3n) is 5.22. The quantitative estimate of drug-likeness (QED) is 0.897. The summed E-state index contributed by atoms with van der Waals surface area (Å²) in [4.78, 5) is 2.61. The molecule has 2 N–H and O–H groups in total. The van der Waals surface area contributed by atoms with Crippen molar-refractivity contribution in [2.75, 3.05) is 24.5 Å². The maximum Gasteiger partial charge on any atom is 0.0398 e. The molecule has 1 fully saturated rings. The number of fused-ring (bicyclic) bond motifs is 1. The predicted octanol–water partition coefficient (Wildman–Crippen LogP) is 3.35. The van der Waals surface area contributed by atoms with Crippen LogP contribution in [-0.2, 0) is 6.42 Å². The number of nitrogens with zero attached hydrogens (tertiary/aromatic N) is 1. The van der Waals surface area contributed by atoms with Gasteiger partial charge >= 0.3 is 0 Å². The minimum absolute atomic E-state index is 0.473. The van der Waals surface area contributed by atoms with Crippen LogP contribution < -0.4 is 10.6 Å². The summed E-state index contributed by atoms with van der Waals surface area (Å²) in [5.74, 6) is 0. The van der Waals surface area contributed by atoms with E-state index in [2.05, 4.69) is 29.2 Å². The lowest BCUT2D eigenvalue weighted by atomic mass is 9.66. The summed E-state index contributed by atoms with van der Waals surface area (Å²) in [7, 11) is 0. The Morgan fingerprint density at radius 1 is 1.11 bits per heavy atom. The maximum absolute atomic E-state index is 5.99. The van der Waals surface area contributed by atoms with E-state index in [9.17, 15) is 0 Å². The van der Waals surface area contributed by atoms with Gasteiger partial charge in [-0.25, -0.2) is 0 Å². The fourth-order valence-corrected chi connectivity index (χ4v) is 3.61. The minimum atomic E-state index is 0.473. The zero-order valence-electron chi connectivity index (χ0n) is 11.9. The van der Waals surface area contributed by atoms with Gasteiger partial charge in [-0.3, -0.25) is 0 Å². The molecule has 1 aliphatic carbocycles. The number of anilines is 1. The van der Waals surface area contributed by atoms with Crippen LogP contribution in [0.4, 0.5) is 5.69 Å². The lowest BCUT2D eigenvalue weighted by Crippen LogP contribution is -2.40. The van der Waals surface area contributed by atoms with Crippen molar-refractivity contribution in [1.82, 2.24) is 0 Å². The molecule has 1 aromatic carbocycles. The molecule has 19 heavy (non-hydrogen) atoms. The van der Waals surface area contributed by atoms with Gasteiger partial charge in [0.15, 0.2) is 0 Å². The van der Waals surface area contributed by atoms with Gasteiger partial charge in [0.1, 0.15) is 0 Å². The van der Waals surface area contributed by atoms with Gasteiger partial charge in [-0.05, 0) is 62.1 Å². The van der Waals surface area contributed by atoms with Crippen molar-refractivity contribution in [2.24, 2.45) is 11.1 Å². The molecule has 0 radical (unpaired) electrons. The summed E-state index contributed by atoms with van der Waals surface area (Å²) in [6.07, 6.45) is 9.25. The van der Waals surface area contributed by atoms with E-state index >= 15 is 0 Å². The van der Waals surface area contributed by atoms with E-state index in [4.69, 9.17) is 5.73 Å². The van der Waals surface area contributed by atoms with Gasteiger partial charge in [0.05, 0.1) is 0 Å². The third-order valence-corrected chi connectivity index (χ3v) is 5.22. The van der Waals surface area contributed by atoms with Crippen LogP contribution in [0.1, 0.15) is 44.1 Å². The number of benzene rings is 1. The average Bonchev–Trinajstić information content (AvgIpc) is 2.61. The van der Waals surface area contributed by atoms with Crippen molar-refractivity contribution < 1.29 is 0 Å². The summed E-state index contributed by atoms with van der Waals surface area (Å²) < 4.78 is 0. The van der Waals surface area contributed by atoms with Crippen LogP contribution in [0.2, 0.25) is 0 Å². The highest BCUT2D eigenvalue weighted by atomic mass is 15.1. The lowest BCUT2D eigenvalue weighted by molar-refractivity contribution is 0.133. The number of aryl methyl sites for hydroxylation is 1. The molecule has 0 aromatic heterocycles. The van der Waals surface area contributed by atoms with Crippen molar-refractivity contribution in [3.8, 4) is 0 Å². The second kappa shape index (κ2) is 5.54. The second-order valence-electron chi connectivity index (χ2n) is 6.38. The third kappa shape index (κ3) is 2.64. The summed E-state index contributed by atoms with van der Waals surface area (Å²) in [5, 5.41) is 0. The molecule has 3 rings (SSSR count). The van der Waals surface area contributed by atoms with Gasteiger partial charge in [0, 0.05) is 18.8 Å². The van der Waals surface area contributed by atoms with Crippen LogP contribution in [0, 0.1) is 5.41 Å². The Hall–Kier alpha value is -1.02. The minimum Gasteiger partial charge on any atom is -0.371 e. The van der Waals surface area contributed by atoms with E-state index in [1.54, 1.807) is 0 Å². The number of rotatable bonds is 4. The van der Waals surface area contributed by atoms with Crippen LogP contribution >= 0.6 is 0 Å². The van der Waals surface area contributed by atoms with Crippen LogP contribution in [-0.4, -0.2) is 19.6 Å². The first-order valence-electron chi connectivity index (χ1n) is 7.86. The first-order valence-corrected chi connectivity index (χ1v) is 7.86. The summed E-state index contributed by atoms with van der Waals surface area (Å²) in [6, 6.07) is 8.96. The molecule has 0 spiro atoms. The van der Waals surface area contributed by atoms with Crippen LogP contribution in [0.15, 0.2) is 24.3 Å². The Balaban J connectivity index is 1.70. The molecular weight excluding hydrogens is 232 g/mol. The molecular formula is C17H26N2. The fourth-order valence-electron chi connectivity index (χ4n) is 3.61. The van der Waals surface area contributed by atoms with E-state index < -0.39 is 0 Å². The highest BCUT2D eigenvalue weighted by Gasteiger charge is 2.35. The molecule has 1 aromatic rings. The van der Waals surface area contributed by atoms with Gasteiger partial charge in [-0.15, -0.1) is 0 Å². The van der Waals surface area contributed by atoms with Crippen LogP contribution in [0.25, 0.3) is 0 Å². The maximum atomic E-state index is 5.99. The lowest BCUT2D eigenvalue weighted by Gasteiger charge is -2.42. The van der Waals surface area contributed by atoms with Gasteiger partial charge < -0.3 is 10.6 Å². The Morgan fingerprint density at radius 3 is 2.68 bits per heavy atom. The number of hydrogen-bond donors (Lipinski definition) is 1. The van der Waals surface area contributed by atoms with Crippen molar-refractivity contribution >= 4 is 5.69 Å². The largest absolute Gasteiger partial charge is 0.371 e. The van der Waals surface area contributed by atoms with Gasteiger partial charge in [-0.2, -0.15) is 0 Å². The molecule has 104 valence electrons. The zero-order valence-corrected chi connectivity index (χ0v) is 11.9. The van der Waals surface area contributed by atoms with Crippen molar-refractivity contribution in [2.45, 2.75) is 44.9 Å². The predicted molar refractivity (Wildman–Crippen MR) is 81.5 cm³/mol. The highest BCUT2D eigenvalue weighted by Crippen LogP contribution is 2.43. The molecule has 1 heterocycles. The smallest absolute Gasteiger partial charge is 0.0398 e. The van der Waals surface area contributed by atoms with E-state index in [0.29, 0.717) is 5.41 Å². The molecule has 0 atom stereocenters. The summed E-state index contributed by atoms with van der Waals surface area (Å²) in [5.41, 5.74) is 9.48. The topological polar surface area (TPSA) is 29.3 Å². The van der Waals surface area contributed by atoms with Crippen molar-refractivity contribution in [1.29, 1.82) is 0 Å². The normalized spacial score (nSPS) is 21.4. The molecule has 0 unspecified atom stereocenters. The molecule has 2 nitrogen and oxygen atoms in total. The van der Waals surface area contributed by atoms with E-state index in [-0.39, 0.29) is 0 Å². The fraction of sp³-hybridized carbons (Fsp3) is 0.647. The molecule has 2 aliphatic rings. The number of para-hydroxylation sites is 1. The van der Waals surface area contributed by atoms with Gasteiger partial charge in [0.25, 0.3) is 0 Å². The number of hydrogen-bond acceptors (Lipinski definition) is 2. The molecule has 0 saturated heterocycles. The van der Waals surface area contributed by atoms with Crippen LogP contribution in [0.3, 0.4) is 0 Å². The zero-order chi connectivity index (χ0) is 13.1. The molecule has 1 aliphatic heterocycles. The number of nitrogens with two attached hydrogens (primary N) is 1. The first-order chi connectivity index (χ1) is 9.33. The highest BCUT2D eigenvalue weighted by molar-refractivity contribution is 5.54. The Morgan fingerprint density at radius 2 is 1.95 bits per heavy atom. The Labute approximate surface area is 117 Å². The summed E-state index contributed by atoms with van der Waals surface area (Å²) >= 11 is 0. The van der Waals surface area contributed by atoms with Gasteiger partial charge in [-0.1, -0.05) is 24.6 Å². The second-order valence-corrected chi connectivity index (χ2v) is 6.38. The molecule has 2 heteroatoms. The molecule has 0 amide bonds. The molecule has 0 bridgehead atoms. The van der Waals surface area contributed by atoms with E-state index in [0.717, 1.165) is 6.54 Å². The standard InChI is InChI=1S/C17H26N2/c18-14-17(9-5-10-17)11-13-19-12-4-3-7-15-6-1-2-8-16(15)19/h1-2,6,8H,3-5,7,9-14,18H2. The van der Waals surface area contributed by atoms with E-state index in [1.165, 1.54) is 69.3 Å². The monoisotopic (exact) mass is 258 g/mol. The van der Waals surface area contributed by atoms with Gasteiger partial charge in [0.2, 0.25) is 0 Å². The van der Waals surface area contributed by atoms with Crippen molar-refractivity contribution in [3.63, 3.8) is 0 Å². The Bertz CT molecular complexity index is 418.